The number of nitrogens with two attached hydrogens (primary N) is 1. The second-order valence-electron chi connectivity index (χ2n) is 2.84. The Morgan fingerprint density at radius 3 is 2.56 bits per heavy atom. The SMILES string of the molecule is N#CC(N)c1ccc(Br)c(OC(F)(F)F)c1. The zero-order valence-electron chi connectivity index (χ0n) is 7.75. The Morgan fingerprint density at radius 1 is 1.44 bits per heavy atom. The van der Waals surface area contributed by atoms with Gasteiger partial charge in [-0.05, 0) is 33.6 Å². The van der Waals surface area contributed by atoms with Crippen LogP contribution in [0.25, 0.3) is 0 Å². The summed E-state index contributed by atoms with van der Waals surface area (Å²) in [5, 5.41) is 8.53. The van der Waals surface area contributed by atoms with Crippen molar-refractivity contribution in [2.45, 2.75) is 12.4 Å². The summed E-state index contributed by atoms with van der Waals surface area (Å²) in [6.07, 6.45) is -4.78. The molecule has 0 saturated heterocycles. The third kappa shape index (κ3) is 3.40. The minimum Gasteiger partial charge on any atom is -0.405 e. The molecule has 0 aliphatic rings. The number of ether oxygens (including phenoxy) is 1. The number of halogens is 4. The van der Waals surface area contributed by atoms with Crippen molar-refractivity contribution in [1.82, 2.24) is 0 Å². The number of alkyl halides is 3. The van der Waals surface area contributed by atoms with E-state index in [0.717, 1.165) is 6.07 Å². The lowest BCUT2D eigenvalue weighted by atomic mass is 10.1. The largest absolute Gasteiger partial charge is 0.573 e. The molecular weight excluding hydrogens is 289 g/mol. The van der Waals surface area contributed by atoms with E-state index in [1.165, 1.54) is 12.1 Å². The molecule has 0 aliphatic heterocycles. The quantitative estimate of drug-likeness (QED) is 0.912. The number of hydrogen-bond acceptors (Lipinski definition) is 3. The highest BCUT2D eigenvalue weighted by molar-refractivity contribution is 9.10. The van der Waals surface area contributed by atoms with Crippen LogP contribution in [0, 0.1) is 11.3 Å². The van der Waals surface area contributed by atoms with Crippen LogP contribution < -0.4 is 10.5 Å². The van der Waals surface area contributed by atoms with Crippen molar-refractivity contribution in [3.8, 4) is 11.8 Å². The topological polar surface area (TPSA) is 59.0 Å². The van der Waals surface area contributed by atoms with Crippen LogP contribution in [0.4, 0.5) is 13.2 Å². The fourth-order valence-corrected chi connectivity index (χ4v) is 1.32. The van der Waals surface area contributed by atoms with Crippen LogP contribution in [0.15, 0.2) is 22.7 Å². The first kappa shape index (κ1) is 12.8. The van der Waals surface area contributed by atoms with Gasteiger partial charge in [-0.25, -0.2) is 0 Å². The van der Waals surface area contributed by atoms with Crippen LogP contribution in [0.5, 0.6) is 5.75 Å². The summed E-state index contributed by atoms with van der Waals surface area (Å²) in [6.45, 7) is 0. The Morgan fingerprint density at radius 2 is 2.06 bits per heavy atom. The standard InChI is InChI=1S/C9H6BrF3N2O/c10-6-2-1-5(7(15)4-14)3-8(6)16-9(11,12)13/h1-3,7H,15H2. The second-order valence-corrected chi connectivity index (χ2v) is 3.70. The zero-order valence-corrected chi connectivity index (χ0v) is 9.34. The van der Waals surface area contributed by atoms with Gasteiger partial charge in [-0.15, -0.1) is 13.2 Å². The van der Waals surface area contributed by atoms with Crippen LogP contribution in [0.2, 0.25) is 0 Å². The monoisotopic (exact) mass is 294 g/mol. The Labute approximate surface area is 97.7 Å². The molecule has 0 bridgehead atoms. The van der Waals surface area contributed by atoms with Crippen molar-refractivity contribution in [2.24, 2.45) is 5.73 Å². The normalized spacial score (nSPS) is 13.0. The smallest absolute Gasteiger partial charge is 0.405 e. The average Bonchev–Trinajstić information content (AvgIpc) is 2.18. The molecule has 0 amide bonds. The van der Waals surface area contributed by atoms with Crippen molar-refractivity contribution in [2.75, 3.05) is 0 Å². The highest BCUT2D eigenvalue weighted by Crippen LogP contribution is 2.32. The van der Waals surface area contributed by atoms with Crippen LogP contribution in [-0.2, 0) is 0 Å². The summed E-state index contributed by atoms with van der Waals surface area (Å²) in [4.78, 5) is 0. The van der Waals surface area contributed by atoms with Crippen molar-refractivity contribution in [3.05, 3.63) is 28.2 Å². The van der Waals surface area contributed by atoms with Gasteiger partial charge in [0.25, 0.3) is 0 Å². The predicted molar refractivity (Wildman–Crippen MR) is 53.4 cm³/mol. The van der Waals surface area contributed by atoms with Crippen molar-refractivity contribution >= 4 is 15.9 Å². The van der Waals surface area contributed by atoms with E-state index in [2.05, 4.69) is 20.7 Å². The van der Waals surface area contributed by atoms with E-state index < -0.39 is 18.2 Å². The summed E-state index contributed by atoms with van der Waals surface area (Å²) >= 11 is 2.91. The minimum absolute atomic E-state index is 0.138. The molecule has 0 fully saturated rings. The van der Waals surface area contributed by atoms with E-state index in [4.69, 9.17) is 11.0 Å². The molecule has 1 aromatic carbocycles. The van der Waals surface area contributed by atoms with Crippen molar-refractivity contribution in [1.29, 1.82) is 5.26 Å². The first-order valence-corrected chi connectivity index (χ1v) is 4.83. The van der Waals surface area contributed by atoms with Gasteiger partial charge in [0.2, 0.25) is 0 Å². The van der Waals surface area contributed by atoms with Gasteiger partial charge in [-0.1, -0.05) is 6.07 Å². The summed E-state index contributed by atoms with van der Waals surface area (Å²) in [5.41, 5.74) is 5.62. The molecule has 1 atom stereocenters. The Hall–Kier alpha value is -1.26. The number of hydrogen-bond donors (Lipinski definition) is 1. The third-order valence-electron chi connectivity index (χ3n) is 1.68. The zero-order chi connectivity index (χ0) is 12.3. The summed E-state index contributed by atoms with van der Waals surface area (Å²) in [5.74, 6) is -0.421. The second kappa shape index (κ2) is 4.72. The van der Waals surface area contributed by atoms with Gasteiger partial charge in [-0.2, -0.15) is 5.26 Å². The number of benzene rings is 1. The number of nitriles is 1. The molecule has 1 unspecified atom stereocenters. The summed E-state index contributed by atoms with van der Waals surface area (Å²) in [7, 11) is 0. The van der Waals surface area contributed by atoms with Crippen LogP contribution in [-0.4, -0.2) is 6.36 Å². The molecule has 0 radical (unpaired) electrons. The van der Waals surface area contributed by atoms with Crippen molar-refractivity contribution < 1.29 is 17.9 Å². The molecular formula is C9H6BrF3N2O. The molecule has 0 aliphatic carbocycles. The van der Waals surface area contributed by atoms with Gasteiger partial charge in [-0.3, -0.25) is 0 Å². The van der Waals surface area contributed by atoms with Gasteiger partial charge in [0.1, 0.15) is 11.8 Å². The Bertz CT molecular complexity index is 428. The maximum absolute atomic E-state index is 12.0. The molecule has 2 N–H and O–H groups in total. The number of nitrogens with zero attached hydrogens (tertiary/aromatic N) is 1. The van der Waals surface area contributed by atoms with E-state index in [9.17, 15) is 13.2 Å². The van der Waals surface area contributed by atoms with Gasteiger partial charge in [0.15, 0.2) is 0 Å². The fourth-order valence-electron chi connectivity index (χ4n) is 0.991. The fraction of sp³-hybridized carbons (Fsp3) is 0.222. The van der Waals surface area contributed by atoms with Crippen molar-refractivity contribution in [3.63, 3.8) is 0 Å². The van der Waals surface area contributed by atoms with E-state index in [-0.39, 0.29) is 10.0 Å². The summed E-state index contributed by atoms with van der Waals surface area (Å²) in [6, 6.07) is 4.60. The Kier molecular flexibility index (Phi) is 3.78. The Balaban J connectivity index is 3.05. The van der Waals surface area contributed by atoms with Crippen LogP contribution >= 0.6 is 15.9 Å². The summed E-state index contributed by atoms with van der Waals surface area (Å²) < 4.78 is 39.9. The molecule has 7 heteroatoms. The highest BCUT2D eigenvalue weighted by Gasteiger charge is 2.32. The van der Waals surface area contributed by atoms with Crippen LogP contribution in [0.1, 0.15) is 11.6 Å². The molecule has 0 aromatic heterocycles. The van der Waals surface area contributed by atoms with Gasteiger partial charge in [0.05, 0.1) is 10.5 Å². The van der Waals surface area contributed by atoms with E-state index in [1.54, 1.807) is 6.07 Å². The minimum atomic E-state index is -4.78. The van der Waals surface area contributed by atoms with E-state index in [0.29, 0.717) is 0 Å². The highest BCUT2D eigenvalue weighted by atomic mass is 79.9. The molecule has 16 heavy (non-hydrogen) atoms. The van der Waals surface area contributed by atoms with E-state index in [1.807, 2.05) is 0 Å². The number of rotatable bonds is 2. The third-order valence-corrected chi connectivity index (χ3v) is 2.33. The van der Waals surface area contributed by atoms with E-state index >= 15 is 0 Å². The maximum atomic E-state index is 12.0. The average molecular weight is 295 g/mol. The van der Waals surface area contributed by atoms with Gasteiger partial charge >= 0.3 is 6.36 Å². The van der Waals surface area contributed by atoms with Gasteiger partial charge in [0, 0.05) is 0 Å². The lowest BCUT2D eigenvalue weighted by molar-refractivity contribution is -0.274. The molecule has 0 saturated carbocycles. The van der Waals surface area contributed by atoms with Gasteiger partial charge < -0.3 is 10.5 Å². The molecule has 1 rings (SSSR count). The molecule has 86 valence electrons. The lowest BCUT2D eigenvalue weighted by Crippen LogP contribution is -2.18. The molecule has 1 aromatic rings. The lowest BCUT2D eigenvalue weighted by Gasteiger charge is -2.12. The first-order valence-electron chi connectivity index (χ1n) is 4.04. The first-order chi connectivity index (χ1) is 7.33. The predicted octanol–water partition coefficient (Wildman–Crippen LogP) is 2.87. The molecule has 3 nitrogen and oxygen atoms in total. The van der Waals surface area contributed by atoms with Crippen LogP contribution in [0.3, 0.4) is 0 Å². The maximum Gasteiger partial charge on any atom is 0.573 e. The molecule has 0 spiro atoms. The molecule has 0 heterocycles.